The van der Waals surface area contributed by atoms with Crippen LogP contribution in [0.1, 0.15) is 44.1 Å². The lowest BCUT2D eigenvalue weighted by Gasteiger charge is -2.26. The Kier molecular flexibility index (Phi) is 4.88. The highest BCUT2D eigenvalue weighted by atomic mass is 16.4. The molecule has 0 spiro atoms. The van der Waals surface area contributed by atoms with E-state index < -0.39 is 5.97 Å². The van der Waals surface area contributed by atoms with E-state index in [9.17, 15) is 9.59 Å². The van der Waals surface area contributed by atoms with Gasteiger partial charge in [-0.05, 0) is 36.3 Å². The molecule has 5 nitrogen and oxygen atoms in total. The molecule has 3 N–H and O–H groups in total. The van der Waals surface area contributed by atoms with Crippen molar-refractivity contribution in [1.82, 2.24) is 10.3 Å². The van der Waals surface area contributed by atoms with Gasteiger partial charge in [-0.3, -0.25) is 9.59 Å². The Bertz CT molecular complexity index is 729. The molecule has 0 atom stereocenters. The molecule has 5 heteroatoms. The largest absolute Gasteiger partial charge is 0.481 e. The maximum absolute atomic E-state index is 12.3. The number of aliphatic carboxylic acids is 1. The second kappa shape index (κ2) is 7.07. The van der Waals surface area contributed by atoms with Crippen LogP contribution in [0, 0.1) is 5.41 Å². The molecular weight excluding hydrogens is 304 g/mol. The fourth-order valence-corrected chi connectivity index (χ4v) is 3.94. The molecule has 24 heavy (non-hydrogen) atoms. The van der Waals surface area contributed by atoms with Crippen molar-refractivity contribution in [2.45, 2.75) is 44.9 Å². The predicted molar refractivity (Wildman–Crippen MR) is 92.8 cm³/mol. The van der Waals surface area contributed by atoms with Crippen LogP contribution < -0.4 is 5.32 Å². The Balaban J connectivity index is 1.53. The maximum atomic E-state index is 12.3. The minimum atomic E-state index is -0.802. The number of carboxylic acid groups (broad SMARTS) is 1. The van der Waals surface area contributed by atoms with Gasteiger partial charge < -0.3 is 15.4 Å². The number of carbonyl (C=O) groups excluding carboxylic acids is 1. The SMILES string of the molecule is O=C(O)CC1(CC(=O)NCCc2c[nH]c3ccccc23)CCCC1. The molecule has 0 aliphatic heterocycles. The Hall–Kier alpha value is -2.30. The lowest BCUT2D eigenvalue weighted by Crippen LogP contribution is -2.33. The number of amides is 1. The average molecular weight is 328 g/mol. The minimum Gasteiger partial charge on any atom is -0.481 e. The Morgan fingerprint density at radius 3 is 2.67 bits per heavy atom. The molecule has 1 heterocycles. The molecule has 2 aromatic rings. The molecule has 0 bridgehead atoms. The summed E-state index contributed by atoms with van der Waals surface area (Å²) in [6.45, 7) is 0.573. The third kappa shape index (κ3) is 3.78. The summed E-state index contributed by atoms with van der Waals surface area (Å²) < 4.78 is 0. The maximum Gasteiger partial charge on any atom is 0.303 e. The summed E-state index contributed by atoms with van der Waals surface area (Å²) >= 11 is 0. The molecule has 128 valence electrons. The van der Waals surface area contributed by atoms with Gasteiger partial charge >= 0.3 is 5.97 Å². The molecule has 0 saturated heterocycles. The van der Waals surface area contributed by atoms with Crippen LogP contribution in [0.2, 0.25) is 0 Å². The number of benzene rings is 1. The molecule has 1 saturated carbocycles. The van der Waals surface area contributed by atoms with Crippen LogP contribution in [0.4, 0.5) is 0 Å². The summed E-state index contributed by atoms with van der Waals surface area (Å²) in [4.78, 5) is 26.6. The molecule has 1 aliphatic rings. The lowest BCUT2D eigenvalue weighted by atomic mass is 9.79. The Morgan fingerprint density at radius 2 is 1.92 bits per heavy atom. The summed E-state index contributed by atoms with van der Waals surface area (Å²) in [6.07, 6.45) is 6.91. The van der Waals surface area contributed by atoms with Crippen molar-refractivity contribution in [1.29, 1.82) is 0 Å². The number of carbonyl (C=O) groups is 2. The highest BCUT2D eigenvalue weighted by Crippen LogP contribution is 2.43. The number of para-hydroxylation sites is 1. The van der Waals surface area contributed by atoms with Gasteiger partial charge in [0.15, 0.2) is 0 Å². The second-order valence-corrected chi connectivity index (χ2v) is 6.91. The molecule has 0 radical (unpaired) electrons. The van der Waals surface area contributed by atoms with E-state index in [1.165, 1.54) is 10.9 Å². The number of aromatic amines is 1. The molecular formula is C19H24N2O3. The van der Waals surface area contributed by atoms with Gasteiger partial charge in [-0.2, -0.15) is 0 Å². The molecule has 1 aromatic carbocycles. The first-order valence-electron chi connectivity index (χ1n) is 8.61. The second-order valence-electron chi connectivity index (χ2n) is 6.91. The van der Waals surface area contributed by atoms with E-state index in [1.54, 1.807) is 0 Å². The zero-order chi connectivity index (χ0) is 17.0. The molecule has 1 aromatic heterocycles. The first kappa shape index (κ1) is 16.6. The Labute approximate surface area is 141 Å². The first-order chi connectivity index (χ1) is 11.6. The number of aromatic nitrogens is 1. The molecule has 1 amide bonds. The van der Waals surface area contributed by atoms with Crippen molar-refractivity contribution < 1.29 is 14.7 Å². The van der Waals surface area contributed by atoms with E-state index in [4.69, 9.17) is 5.11 Å². The summed E-state index contributed by atoms with van der Waals surface area (Å²) in [5, 5.41) is 13.3. The number of hydrogen-bond donors (Lipinski definition) is 3. The fraction of sp³-hybridized carbons (Fsp3) is 0.474. The lowest BCUT2D eigenvalue weighted by molar-refractivity contribution is -0.140. The van der Waals surface area contributed by atoms with E-state index in [-0.39, 0.29) is 17.7 Å². The van der Waals surface area contributed by atoms with Gasteiger partial charge in [-0.1, -0.05) is 31.0 Å². The zero-order valence-corrected chi connectivity index (χ0v) is 13.8. The highest BCUT2D eigenvalue weighted by molar-refractivity contribution is 5.83. The quantitative estimate of drug-likeness (QED) is 0.729. The van der Waals surface area contributed by atoms with Crippen molar-refractivity contribution >= 4 is 22.8 Å². The number of nitrogens with one attached hydrogen (secondary N) is 2. The van der Waals surface area contributed by atoms with Gasteiger partial charge in [0, 0.05) is 30.1 Å². The summed E-state index contributed by atoms with van der Waals surface area (Å²) in [5.74, 6) is -0.832. The summed E-state index contributed by atoms with van der Waals surface area (Å²) in [5.41, 5.74) is 1.95. The van der Waals surface area contributed by atoms with Crippen LogP contribution >= 0.6 is 0 Å². The van der Waals surface area contributed by atoms with Crippen molar-refractivity contribution in [3.05, 3.63) is 36.0 Å². The summed E-state index contributed by atoms with van der Waals surface area (Å²) in [7, 11) is 0. The van der Waals surface area contributed by atoms with E-state index >= 15 is 0 Å². The van der Waals surface area contributed by atoms with E-state index in [1.807, 2.05) is 24.4 Å². The Morgan fingerprint density at radius 1 is 1.17 bits per heavy atom. The first-order valence-corrected chi connectivity index (χ1v) is 8.61. The van der Waals surface area contributed by atoms with Crippen LogP contribution in [0.25, 0.3) is 10.9 Å². The highest BCUT2D eigenvalue weighted by Gasteiger charge is 2.37. The molecule has 1 aliphatic carbocycles. The van der Waals surface area contributed by atoms with E-state index in [0.717, 1.165) is 37.6 Å². The summed E-state index contributed by atoms with van der Waals surface area (Å²) in [6, 6.07) is 8.11. The van der Waals surface area contributed by atoms with Crippen LogP contribution in [-0.2, 0) is 16.0 Å². The molecule has 3 rings (SSSR count). The zero-order valence-electron chi connectivity index (χ0n) is 13.8. The smallest absolute Gasteiger partial charge is 0.303 e. The number of H-pyrrole nitrogens is 1. The molecule has 0 unspecified atom stereocenters. The van der Waals surface area contributed by atoms with Crippen LogP contribution in [0.3, 0.4) is 0 Å². The van der Waals surface area contributed by atoms with Crippen LogP contribution in [0.15, 0.2) is 30.5 Å². The number of hydrogen-bond acceptors (Lipinski definition) is 2. The number of carboxylic acids is 1. The molecule has 1 fully saturated rings. The van der Waals surface area contributed by atoms with Crippen molar-refractivity contribution in [2.75, 3.05) is 6.54 Å². The number of fused-ring (bicyclic) bond motifs is 1. The topological polar surface area (TPSA) is 82.2 Å². The van der Waals surface area contributed by atoms with Gasteiger partial charge in [0.2, 0.25) is 5.91 Å². The normalized spacial score (nSPS) is 16.3. The van der Waals surface area contributed by atoms with Crippen molar-refractivity contribution in [3.8, 4) is 0 Å². The van der Waals surface area contributed by atoms with Gasteiger partial charge in [-0.25, -0.2) is 0 Å². The van der Waals surface area contributed by atoms with Crippen LogP contribution in [-0.4, -0.2) is 28.5 Å². The van der Waals surface area contributed by atoms with E-state index in [0.29, 0.717) is 13.0 Å². The van der Waals surface area contributed by atoms with Crippen LogP contribution in [0.5, 0.6) is 0 Å². The minimum absolute atomic E-state index is 0.0296. The van der Waals surface area contributed by atoms with Gasteiger partial charge in [0.1, 0.15) is 0 Å². The average Bonchev–Trinajstić information content (AvgIpc) is 3.14. The monoisotopic (exact) mass is 328 g/mol. The predicted octanol–water partition coefficient (Wildman–Crippen LogP) is 3.25. The van der Waals surface area contributed by atoms with E-state index in [2.05, 4.69) is 16.4 Å². The van der Waals surface area contributed by atoms with Crippen molar-refractivity contribution in [2.24, 2.45) is 5.41 Å². The van der Waals surface area contributed by atoms with Gasteiger partial charge in [0.05, 0.1) is 6.42 Å². The fourth-order valence-electron chi connectivity index (χ4n) is 3.94. The standard InChI is InChI=1S/C19H24N2O3/c22-17(11-19(12-18(23)24)8-3-4-9-19)20-10-7-14-13-21-16-6-2-1-5-15(14)16/h1-2,5-6,13,21H,3-4,7-12H2,(H,20,22)(H,23,24). The number of rotatable bonds is 7. The third-order valence-electron chi connectivity index (χ3n) is 5.12. The van der Waals surface area contributed by atoms with Crippen molar-refractivity contribution in [3.63, 3.8) is 0 Å². The third-order valence-corrected chi connectivity index (χ3v) is 5.12. The van der Waals surface area contributed by atoms with Gasteiger partial charge in [-0.15, -0.1) is 0 Å². The van der Waals surface area contributed by atoms with Gasteiger partial charge in [0.25, 0.3) is 0 Å².